The molecule has 1 heteroatoms. The van der Waals surface area contributed by atoms with Crippen molar-refractivity contribution in [2.24, 2.45) is 0 Å². The van der Waals surface area contributed by atoms with Gasteiger partial charge in [-0.2, -0.15) is 0 Å². The first kappa shape index (κ1) is 7.73. The molecule has 44 valence electrons. The van der Waals surface area contributed by atoms with Gasteiger partial charge in [0.05, 0.1) is 0 Å². The lowest BCUT2D eigenvalue weighted by Crippen LogP contribution is -2.10. The van der Waals surface area contributed by atoms with Crippen LogP contribution in [0.15, 0.2) is 0 Å². The largest absolute Gasteiger partial charge is 0.0792 e. The SMILES string of the molecule is CCC(C)(I)CC. The van der Waals surface area contributed by atoms with Crippen molar-refractivity contribution in [1.29, 1.82) is 0 Å². The van der Waals surface area contributed by atoms with E-state index >= 15 is 0 Å². The van der Waals surface area contributed by atoms with Gasteiger partial charge in [-0.1, -0.05) is 43.4 Å². The fourth-order valence-corrected chi connectivity index (χ4v) is 0.250. The van der Waals surface area contributed by atoms with E-state index in [-0.39, 0.29) is 0 Å². The molecule has 0 saturated carbocycles. The molecule has 0 aromatic heterocycles. The normalized spacial score (nSPS) is 12.0. The minimum atomic E-state index is 0.553. The van der Waals surface area contributed by atoms with Crippen LogP contribution in [0, 0.1) is 0 Å². The van der Waals surface area contributed by atoms with E-state index in [4.69, 9.17) is 0 Å². The molecule has 0 bridgehead atoms. The van der Waals surface area contributed by atoms with Gasteiger partial charge in [0.25, 0.3) is 0 Å². The highest BCUT2D eigenvalue weighted by molar-refractivity contribution is 14.1. The Kier molecular flexibility index (Phi) is 3.20. The molecule has 0 fully saturated rings. The van der Waals surface area contributed by atoms with Gasteiger partial charge in [0.1, 0.15) is 0 Å². The molecular weight excluding hydrogens is 199 g/mol. The van der Waals surface area contributed by atoms with Crippen molar-refractivity contribution in [2.45, 2.75) is 37.0 Å². The average molecular weight is 212 g/mol. The second-order valence-electron chi connectivity index (χ2n) is 2.12. The zero-order chi connectivity index (χ0) is 5.91. The predicted molar refractivity (Wildman–Crippen MR) is 43.0 cm³/mol. The van der Waals surface area contributed by atoms with Crippen LogP contribution in [-0.2, 0) is 0 Å². The van der Waals surface area contributed by atoms with Gasteiger partial charge < -0.3 is 0 Å². The van der Waals surface area contributed by atoms with Crippen molar-refractivity contribution >= 4 is 22.6 Å². The summed E-state index contributed by atoms with van der Waals surface area (Å²) in [6.07, 6.45) is 2.56. The summed E-state index contributed by atoms with van der Waals surface area (Å²) in [5, 5.41) is 0. The van der Waals surface area contributed by atoms with Crippen LogP contribution in [0.2, 0.25) is 0 Å². The number of alkyl halides is 1. The van der Waals surface area contributed by atoms with Crippen molar-refractivity contribution in [3.05, 3.63) is 0 Å². The van der Waals surface area contributed by atoms with Crippen molar-refractivity contribution in [2.75, 3.05) is 0 Å². The molecule has 0 aromatic rings. The van der Waals surface area contributed by atoms with Gasteiger partial charge in [-0.3, -0.25) is 0 Å². The molecule has 0 atom stereocenters. The lowest BCUT2D eigenvalue weighted by Gasteiger charge is -2.16. The molecule has 0 saturated heterocycles. The second-order valence-corrected chi connectivity index (χ2v) is 4.72. The zero-order valence-electron chi connectivity index (χ0n) is 5.29. The predicted octanol–water partition coefficient (Wildman–Crippen LogP) is 3.00. The van der Waals surface area contributed by atoms with E-state index in [9.17, 15) is 0 Å². The van der Waals surface area contributed by atoms with E-state index in [0.29, 0.717) is 3.42 Å². The Balaban J connectivity index is 3.36. The average Bonchev–Trinajstić information content (AvgIpc) is 1.68. The molecule has 0 spiro atoms. The first-order chi connectivity index (χ1) is 3.12. The topological polar surface area (TPSA) is 0 Å². The number of hydrogen-bond acceptors (Lipinski definition) is 0. The Morgan fingerprint density at radius 1 is 1.29 bits per heavy atom. The molecule has 0 aliphatic heterocycles. The van der Waals surface area contributed by atoms with Gasteiger partial charge in [0, 0.05) is 3.42 Å². The van der Waals surface area contributed by atoms with Crippen LogP contribution in [0.5, 0.6) is 0 Å². The summed E-state index contributed by atoms with van der Waals surface area (Å²) >= 11 is 2.50. The van der Waals surface area contributed by atoms with Gasteiger partial charge in [-0.15, -0.1) is 0 Å². The molecule has 0 aliphatic rings. The molecule has 0 aliphatic carbocycles. The summed E-state index contributed by atoms with van der Waals surface area (Å²) in [7, 11) is 0. The number of rotatable bonds is 2. The molecule has 0 amide bonds. The van der Waals surface area contributed by atoms with E-state index in [0.717, 1.165) is 0 Å². The van der Waals surface area contributed by atoms with E-state index < -0.39 is 0 Å². The zero-order valence-corrected chi connectivity index (χ0v) is 7.45. The van der Waals surface area contributed by atoms with Crippen LogP contribution < -0.4 is 0 Å². The summed E-state index contributed by atoms with van der Waals surface area (Å²) in [6.45, 7) is 6.75. The highest BCUT2D eigenvalue weighted by Gasteiger charge is 2.12. The molecule has 0 unspecified atom stereocenters. The third kappa shape index (κ3) is 3.32. The molecule has 0 nitrogen and oxygen atoms in total. The summed E-state index contributed by atoms with van der Waals surface area (Å²) < 4.78 is 0.553. The van der Waals surface area contributed by atoms with Gasteiger partial charge in [-0.25, -0.2) is 0 Å². The molecule has 7 heavy (non-hydrogen) atoms. The monoisotopic (exact) mass is 212 g/mol. The molecular formula is C6H13I. The van der Waals surface area contributed by atoms with Gasteiger partial charge in [0.15, 0.2) is 0 Å². The van der Waals surface area contributed by atoms with Crippen LogP contribution in [-0.4, -0.2) is 3.42 Å². The fraction of sp³-hybridized carbons (Fsp3) is 1.00. The first-order valence-electron chi connectivity index (χ1n) is 2.81. The smallest absolute Gasteiger partial charge is 0.0189 e. The number of hydrogen-bond donors (Lipinski definition) is 0. The molecule has 0 radical (unpaired) electrons. The standard InChI is InChI=1S/C6H13I/c1-4-6(3,7)5-2/h4-5H2,1-3H3. The van der Waals surface area contributed by atoms with Crippen molar-refractivity contribution in [3.63, 3.8) is 0 Å². The van der Waals surface area contributed by atoms with E-state index in [2.05, 4.69) is 43.4 Å². The summed E-state index contributed by atoms with van der Waals surface area (Å²) in [5.74, 6) is 0. The maximum Gasteiger partial charge on any atom is 0.0189 e. The first-order valence-corrected chi connectivity index (χ1v) is 3.89. The summed E-state index contributed by atoms with van der Waals surface area (Å²) in [5.41, 5.74) is 0. The molecule has 0 N–H and O–H groups in total. The highest BCUT2D eigenvalue weighted by atomic mass is 127. The maximum absolute atomic E-state index is 2.50. The summed E-state index contributed by atoms with van der Waals surface area (Å²) in [6, 6.07) is 0. The maximum atomic E-state index is 2.50. The van der Waals surface area contributed by atoms with Gasteiger partial charge in [-0.05, 0) is 12.8 Å². The second kappa shape index (κ2) is 2.90. The van der Waals surface area contributed by atoms with Crippen LogP contribution in [0.25, 0.3) is 0 Å². The van der Waals surface area contributed by atoms with Gasteiger partial charge in [0.2, 0.25) is 0 Å². The van der Waals surface area contributed by atoms with Crippen molar-refractivity contribution in [3.8, 4) is 0 Å². The Bertz CT molecular complexity index is 42.1. The quantitative estimate of drug-likeness (QED) is 0.487. The lowest BCUT2D eigenvalue weighted by atomic mass is 10.1. The third-order valence-electron chi connectivity index (χ3n) is 1.47. The van der Waals surface area contributed by atoms with Gasteiger partial charge >= 0.3 is 0 Å². The van der Waals surface area contributed by atoms with E-state index in [1.54, 1.807) is 0 Å². The molecule has 0 aromatic carbocycles. The van der Waals surface area contributed by atoms with E-state index in [1.165, 1.54) is 12.8 Å². The Morgan fingerprint density at radius 2 is 1.57 bits per heavy atom. The third-order valence-corrected chi connectivity index (χ3v) is 3.00. The Morgan fingerprint density at radius 3 is 1.57 bits per heavy atom. The number of halogens is 1. The summed E-state index contributed by atoms with van der Waals surface area (Å²) in [4.78, 5) is 0. The Hall–Kier alpha value is 0.730. The van der Waals surface area contributed by atoms with E-state index in [1.807, 2.05) is 0 Å². The van der Waals surface area contributed by atoms with Crippen LogP contribution >= 0.6 is 22.6 Å². The minimum Gasteiger partial charge on any atom is -0.0792 e. The fourth-order valence-electron chi connectivity index (χ4n) is 0.250. The Labute approximate surface area is 59.8 Å². The molecule has 0 heterocycles. The molecule has 0 rings (SSSR count). The lowest BCUT2D eigenvalue weighted by molar-refractivity contribution is 0.631. The van der Waals surface area contributed by atoms with Crippen molar-refractivity contribution < 1.29 is 0 Å². The minimum absolute atomic E-state index is 0.553. The van der Waals surface area contributed by atoms with Crippen LogP contribution in [0.4, 0.5) is 0 Å². The highest BCUT2D eigenvalue weighted by Crippen LogP contribution is 2.25. The van der Waals surface area contributed by atoms with Crippen LogP contribution in [0.1, 0.15) is 33.6 Å². The van der Waals surface area contributed by atoms with Crippen molar-refractivity contribution in [1.82, 2.24) is 0 Å². The van der Waals surface area contributed by atoms with Crippen LogP contribution in [0.3, 0.4) is 0 Å².